The molecule has 0 N–H and O–H groups in total. The Morgan fingerprint density at radius 1 is 1.12 bits per heavy atom. The van der Waals surface area contributed by atoms with Gasteiger partial charge in [0.05, 0.1) is 29.2 Å². The molecule has 0 saturated carbocycles. The van der Waals surface area contributed by atoms with Gasteiger partial charge in [-0.25, -0.2) is 18.9 Å². The average Bonchev–Trinajstić information content (AvgIpc) is 3.34. The zero-order valence-electron chi connectivity index (χ0n) is 23.4. The Bertz CT molecular complexity index is 1570. The van der Waals surface area contributed by atoms with E-state index in [1.54, 1.807) is 35.2 Å². The maximum atomic E-state index is 15.6. The van der Waals surface area contributed by atoms with E-state index in [9.17, 15) is 9.59 Å². The van der Waals surface area contributed by atoms with Gasteiger partial charge >= 0.3 is 6.09 Å². The van der Waals surface area contributed by atoms with Gasteiger partial charge < -0.3 is 9.64 Å². The Morgan fingerprint density at radius 3 is 2.62 bits per heavy atom. The molecule has 2 aromatic carbocycles. The van der Waals surface area contributed by atoms with Gasteiger partial charge in [-0.1, -0.05) is 23.4 Å². The summed E-state index contributed by atoms with van der Waals surface area (Å²) in [6.45, 7) is 9.95. The van der Waals surface area contributed by atoms with Gasteiger partial charge in [0.15, 0.2) is 0 Å². The molecule has 9 nitrogen and oxygen atoms in total. The lowest BCUT2D eigenvalue weighted by atomic mass is 10.00. The van der Waals surface area contributed by atoms with E-state index in [1.165, 1.54) is 16.8 Å². The number of piperidine rings is 1. The number of hydrogen-bond donors (Lipinski definition) is 0. The number of carbonyl (C=O) groups excluding carboxylic acids is 2. The van der Waals surface area contributed by atoms with Gasteiger partial charge in [-0.05, 0) is 76.6 Å². The van der Waals surface area contributed by atoms with Crippen LogP contribution >= 0.6 is 0 Å². The van der Waals surface area contributed by atoms with Crippen molar-refractivity contribution < 1.29 is 18.7 Å². The van der Waals surface area contributed by atoms with Gasteiger partial charge in [-0.3, -0.25) is 9.69 Å². The van der Waals surface area contributed by atoms with Gasteiger partial charge in [0, 0.05) is 30.7 Å². The molecule has 4 aromatic rings. The van der Waals surface area contributed by atoms with Crippen LogP contribution in [-0.4, -0.2) is 61.6 Å². The molecule has 1 aliphatic heterocycles. The quantitative estimate of drug-likeness (QED) is 0.331. The maximum Gasteiger partial charge on any atom is 0.410 e. The van der Waals surface area contributed by atoms with Crippen molar-refractivity contribution in [3.8, 4) is 5.69 Å². The molecule has 208 valence electrons. The monoisotopic (exact) mass is 544 g/mol. The van der Waals surface area contributed by atoms with Crippen molar-refractivity contribution in [2.75, 3.05) is 18.0 Å². The number of benzene rings is 2. The number of likely N-dealkylation sites (tertiary alicyclic amines) is 1. The first kappa shape index (κ1) is 27.2. The molecule has 0 aliphatic carbocycles. The highest BCUT2D eigenvalue weighted by molar-refractivity contribution is 6.11. The van der Waals surface area contributed by atoms with Crippen LogP contribution in [0.3, 0.4) is 0 Å². The zero-order chi connectivity index (χ0) is 28.6. The third-order valence-corrected chi connectivity index (χ3v) is 6.90. The lowest BCUT2D eigenvalue weighted by Crippen LogP contribution is -2.53. The minimum absolute atomic E-state index is 0.0950. The molecule has 0 radical (unpaired) electrons. The molecule has 40 heavy (non-hydrogen) atoms. The Labute approximate surface area is 232 Å². The van der Waals surface area contributed by atoms with E-state index in [2.05, 4.69) is 15.3 Å². The molecule has 0 unspecified atom stereocenters. The summed E-state index contributed by atoms with van der Waals surface area (Å²) in [5.41, 5.74) is 1.34. The van der Waals surface area contributed by atoms with E-state index >= 15 is 4.39 Å². The predicted octanol–water partition coefficient (Wildman–Crippen LogP) is 5.62. The normalized spacial score (nSPS) is 15.8. The SMILES string of the molecule is Cc1cn(-c2ccc(C(=O)N(c3nccc4cccc(C)c34)[C@@H]3CCCN(C(=O)OC(C)(C)C)C3)c(F)c2)nn1. The first-order valence-electron chi connectivity index (χ1n) is 13.4. The Balaban J connectivity index is 1.57. The molecule has 0 bridgehead atoms. The van der Waals surface area contributed by atoms with E-state index in [0.717, 1.165) is 16.3 Å². The molecule has 2 amide bonds. The number of amides is 2. The van der Waals surface area contributed by atoms with Crippen LogP contribution in [0.25, 0.3) is 16.5 Å². The predicted molar refractivity (Wildman–Crippen MR) is 150 cm³/mol. The lowest BCUT2D eigenvalue weighted by molar-refractivity contribution is 0.0196. The number of fused-ring (bicyclic) bond motifs is 1. The topological polar surface area (TPSA) is 93.5 Å². The first-order valence-corrected chi connectivity index (χ1v) is 13.4. The summed E-state index contributed by atoms with van der Waals surface area (Å²) in [6, 6.07) is 11.7. The third kappa shape index (κ3) is 5.52. The van der Waals surface area contributed by atoms with Crippen molar-refractivity contribution in [1.82, 2.24) is 24.9 Å². The molecule has 5 rings (SSSR count). The van der Waals surface area contributed by atoms with Gasteiger partial charge in [0.2, 0.25) is 0 Å². The fourth-order valence-electron chi connectivity index (χ4n) is 5.09. The fourth-order valence-corrected chi connectivity index (χ4v) is 5.09. The molecular weight excluding hydrogens is 511 g/mol. The Hall–Kier alpha value is -4.34. The second-order valence-corrected chi connectivity index (χ2v) is 11.2. The highest BCUT2D eigenvalue weighted by atomic mass is 19.1. The minimum atomic E-state index is -0.683. The largest absolute Gasteiger partial charge is 0.444 e. The van der Waals surface area contributed by atoms with Gasteiger partial charge in [-0.15, -0.1) is 5.10 Å². The summed E-state index contributed by atoms with van der Waals surface area (Å²) < 4.78 is 22.7. The number of halogens is 1. The standard InChI is InChI=1S/C30H33FN6O3/c1-19-8-6-9-21-13-14-32-27(26(19)21)37(23-10-7-15-35(18-23)29(39)40-30(3,4)5)28(38)24-12-11-22(16-25(24)31)36-17-20(2)33-34-36/h6,8-9,11-14,16-17,23H,7,10,15,18H2,1-5H3/t23-/m1/s1. The molecule has 1 saturated heterocycles. The van der Waals surface area contributed by atoms with Crippen LogP contribution in [0.1, 0.15) is 55.2 Å². The van der Waals surface area contributed by atoms with Crippen molar-refractivity contribution in [3.63, 3.8) is 0 Å². The molecule has 1 atom stereocenters. The van der Waals surface area contributed by atoms with Crippen molar-refractivity contribution in [2.24, 2.45) is 0 Å². The van der Waals surface area contributed by atoms with Gasteiger partial charge in [-0.2, -0.15) is 0 Å². The van der Waals surface area contributed by atoms with Crippen LogP contribution in [0.5, 0.6) is 0 Å². The van der Waals surface area contributed by atoms with Crippen LogP contribution < -0.4 is 4.90 Å². The maximum absolute atomic E-state index is 15.6. The van der Waals surface area contributed by atoms with E-state index in [4.69, 9.17) is 4.74 Å². The van der Waals surface area contributed by atoms with Crippen LogP contribution in [0, 0.1) is 19.7 Å². The number of carbonyl (C=O) groups is 2. The first-order chi connectivity index (χ1) is 19.0. The summed E-state index contributed by atoms with van der Waals surface area (Å²) >= 11 is 0. The van der Waals surface area contributed by atoms with Gasteiger partial charge in [0.1, 0.15) is 17.2 Å². The van der Waals surface area contributed by atoms with E-state index < -0.39 is 29.5 Å². The number of nitrogens with zero attached hydrogens (tertiary/aromatic N) is 6. The highest BCUT2D eigenvalue weighted by Gasteiger charge is 2.36. The number of pyridine rings is 1. The van der Waals surface area contributed by atoms with Gasteiger partial charge in [0.25, 0.3) is 5.91 Å². The van der Waals surface area contributed by atoms with Crippen LogP contribution in [0.2, 0.25) is 0 Å². The fraction of sp³-hybridized carbons (Fsp3) is 0.367. The Morgan fingerprint density at radius 2 is 1.93 bits per heavy atom. The molecule has 10 heteroatoms. The number of aromatic nitrogens is 4. The molecule has 2 aromatic heterocycles. The third-order valence-electron chi connectivity index (χ3n) is 6.90. The van der Waals surface area contributed by atoms with Crippen LogP contribution in [0.15, 0.2) is 54.9 Å². The van der Waals surface area contributed by atoms with Crippen molar-refractivity contribution in [3.05, 3.63) is 77.5 Å². The Kier molecular flexibility index (Phi) is 7.27. The van der Waals surface area contributed by atoms with E-state index in [-0.39, 0.29) is 12.1 Å². The number of hydrogen-bond acceptors (Lipinski definition) is 6. The van der Waals surface area contributed by atoms with Crippen LogP contribution in [-0.2, 0) is 4.74 Å². The summed E-state index contributed by atoms with van der Waals surface area (Å²) in [7, 11) is 0. The molecule has 1 fully saturated rings. The lowest BCUT2D eigenvalue weighted by Gasteiger charge is -2.39. The summed E-state index contributed by atoms with van der Waals surface area (Å²) in [5, 5.41) is 9.68. The summed E-state index contributed by atoms with van der Waals surface area (Å²) in [6.07, 6.45) is 4.17. The number of anilines is 1. The summed E-state index contributed by atoms with van der Waals surface area (Å²) in [5.74, 6) is -0.775. The van der Waals surface area contributed by atoms with E-state index in [0.29, 0.717) is 36.6 Å². The molecular formula is C30H33FN6O3. The number of rotatable bonds is 4. The van der Waals surface area contributed by atoms with Crippen LogP contribution in [0.4, 0.5) is 15.0 Å². The highest BCUT2D eigenvalue weighted by Crippen LogP contribution is 2.33. The van der Waals surface area contributed by atoms with Crippen molar-refractivity contribution >= 4 is 28.6 Å². The average molecular weight is 545 g/mol. The van der Waals surface area contributed by atoms with Crippen molar-refractivity contribution in [2.45, 2.75) is 59.1 Å². The summed E-state index contributed by atoms with van der Waals surface area (Å²) in [4.78, 5) is 35.0. The molecule has 0 spiro atoms. The second-order valence-electron chi connectivity index (χ2n) is 11.2. The van der Waals surface area contributed by atoms with E-state index in [1.807, 2.05) is 52.0 Å². The number of ether oxygens (including phenoxy) is 1. The number of aryl methyl sites for hydroxylation is 2. The second kappa shape index (κ2) is 10.7. The zero-order valence-corrected chi connectivity index (χ0v) is 23.4. The van der Waals surface area contributed by atoms with Crippen molar-refractivity contribution in [1.29, 1.82) is 0 Å². The smallest absolute Gasteiger partial charge is 0.410 e. The minimum Gasteiger partial charge on any atom is -0.444 e. The molecule has 3 heterocycles. The molecule has 1 aliphatic rings.